The molecule has 0 bridgehead atoms. The fourth-order valence-corrected chi connectivity index (χ4v) is 3.40. The van der Waals surface area contributed by atoms with E-state index in [0.717, 1.165) is 12.8 Å². The molecular formula is C14H21NO. The van der Waals surface area contributed by atoms with E-state index in [1.54, 1.807) is 6.07 Å². The molecule has 0 spiro atoms. The van der Waals surface area contributed by atoms with Crippen LogP contribution in [0.3, 0.4) is 0 Å². The highest BCUT2D eigenvalue weighted by molar-refractivity contribution is 5.17. The topological polar surface area (TPSA) is 22.0 Å². The number of pyridine rings is 1. The second-order valence-electron chi connectivity index (χ2n) is 5.49. The van der Waals surface area contributed by atoms with Crippen molar-refractivity contribution in [3.63, 3.8) is 0 Å². The molecule has 1 aromatic rings. The van der Waals surface area contributed by atoms with E-state index in [1.165, 1.54) is 5.69 Å². The van der Waals surface area contributed by atoms with Crippen molar-refractivity contribution in [1.82, 2.24) is 4.57 Å². The van der Waals surface area contributed by atoms with Crippen LogP contribution in [0.25, 0.3) is 0 Å². The molecule has 0 amide bonds. The zero-order chi connectivity index (χ0) is 11.9. The average molecular weight is 219 g/mol. The monoisotopic (exact) mass is 219 g/mol. The van der Waals surface area contributed by atoms with Gasteiger partial charge in [-0.05, 0) is 30.7 Å². The van der Waals surface area contributed by atoms with Gasteiger partial charge in [0.15, 0.2) is 0 Å². The summed E-state index contributed by atoms with van der Waals surface area (Å²) in [6.07, 6.45) is 2.13. The second kappa shape index (κ2) is 3.76. The van der Waals surface area contributed by atoms with Gasteiger partial charge in [-0.1, -0.05) is 33.8 Å². The van der Waals surface area contributed by atoms with Gasteiger partial charge in [0.1, 0.15) is 0 Å². The van der Waals surface area contributed by atoms with Gasteiger partial charge in [-0.25, -0.2) is 0 Å². The van der Waals surface area contributed by atoms with Gasteiger partial charge in [-0.2, -0.15) is 0 Å². The highest BCUT2D eigenvalue weighted by Gasteiger charge is 2.43. The molecule has 0 radical (unpaired) electrons. The smallest absolute Gasteiger partial charge is 0.251 e. The Kier molecular flexibility index (Phi) is 2.69. The fourth-order valence-electron chi connectivity index (χ4n) is 3.40. The largest absolute Gasteiger partial charge is 0.306 e. The Balaban J connectivity index is 2.68. The molecule has 1 aliphatic rings. The van der Waals surface area contributed by atoms with Crippen molar-refractivity contribution in [3.8, 4) is 0 Å². The molecule has 0 saturated heterocycles. The standard InChI is InChI=1S/C14H21NO/c1-10(2)14(11(3)4)9-8-12-6-5-7-13(16)15(12)14/h5-7,10-11H,8-9H2,1-4H3. The number of rotatable bonds is 2. The van der Waals surface area contributed by atoms with Crippen molar-refractivity contribution in [1.29, 1.82) is 0 Å². The first kappa shape index (κ1) is 11.4. The number of hydrogen-bond acceptors (Lipinski definition) is 1. The minimum absolute atomic E-state index is 0.0215. The summed E-state index contributed by atoms with van der Waals surface area (Å²) in [6.45, 7) is 8.92. The van der Waals surface area contributed by atoms with Gasteiger partial charge in [0.2, 0.25) is 0 Å². The molecule has 88 valence electrons. The van der Waals surface area contributed by atoms with Crippen molar-refractivity contribution in [2.75, 3.05) is 0 Å². The quantitative estimate of drug-likeness (QED) is 0.749. The highest BCUT2D eigenvalue weighted by Crippen LogP contribution is 2.42. The third kappa shape index (κ3) is 1.35. The normalized spacial score (nSPS) is 18.1. The number of aryl methyl sites for hydroxylation is 1. The van der Waals surface area contributed by atoms with Gasteiger partial charge in [-0.3, -0.25) is 4.79 Å². The molecular weight excluding hydrogens is 198 g/mol. The first-order valence-electron chi connectivity index (χ1n) is 6.21. The first-order chi connectivity index (χ1) is 7.50. The fraction of sp³-hybridized carbons (Fsp3) is 0.643. The Bertz CT molecular complexity index is 434. The summed E-state index contributed by atoms with van der Waals surface area (Å²) in [5.41, 5.74) is 1.39. The lowest BCUT2D eigenvalue weighted by Crippen LogP contribution is -2.46. The van der Waals surface area contributed by atoms with E-state index in [-0.39, 0.29) is 11.1 Å². The van der Waals surface area contributed by atoms with Gasteiger partial charge in [0, 0.05) is 11.8 Å². The van der Waals surface area contributed by atoms with E-state index in [1.807, 2.05) is 6.07 Å². The Labute approximate surface area is 97.3 Å². The Morgan fingerprint density at radius 1 is 1.19 bits per heavy atom. The molecule has 1 aliphatic heterocycles. The van der Waals surface area contributed by atoms with Crippen LogP contribution in [-0.2, 0) is 12.0 Å². The lowest BCUT2D eigenvalue weighted by atomic mass is 9.75. The summed E-state index contributed by atoms with van der Waals surface area (Å²) >= 11 is 0. The van der Waals surface area contributed by atoms with Gasteiger partial charge < -0.3 is 4.57 Å². The van der Waals surface area contributed by atoms with E-state index in [2.05, 4.69) is 38.3 Å². The van der Waals surface area contributed by atoms with Crippen LogP contribution in [0, 0.1) is 11.8 Å². The molecule has 16 heavy (non-hydrogen) atoms. The predicted octanol–water partition coefficient (Wildman–Crippen LogP) is 2.80. The molecule has 0 aromatic carbocycles. The number of nitrogens with zero attached hydrogens (tertiary/aromatic N) is 1. The molecule has 0 N–H and O–H groups in total. The molecule has 0 unspecified atom stereocenters. The predicted molar refractivity (Wildman–Crippen MR) is 66.7 cm³/mol. The van der Waals surface area contributed by atoms with Crippen LogP contribution in [-0.4, -0.2) is 4.57 Å². The molecule has 0 saturated carbocycles. The first-order valence-corrected chi connectivity index (χ1v) is 6.21. The van der Waals surface area contributed by atoms with Crippen LogP contribution in [0.5, 0.6) is 0 Å². The summed E-state index contributed by atoms with van der Waals surface area (Å²) in [5, 5.41) is 0. The summed E-state index contributed by atoms with van der Waals surface area (Å²) in [4.78, 5) is 12.1. The van der Waals surface area contributed by atoms with Crippen molar-refractivity contribution >= 4 is 0 Å². The molecule has 0 aliphatic carbocycles. The van der Waals surface area contributed by atoms with Crippen LogP contribution < -0.4 is 5.56 Å². The van der Waals surface area contributed by atoms with Crippen molar-refractivity contribution in [3.05, 3.63) is 34.2 Å². The van der Waals surface area contributed by atoms with Crippen LogP contribution in [0.1, 0.15) is 39.8 Å². The summed E-state index contributed by atoms with van der Waals surface area (Å²) in [5.74, 6) is 0.989. The Hall–Kier alpha value is -1.05. The van der Waals surface area contributed by atoms with Gasteiger partial charge in [0.05, 0.1) is 5.54 Å². The summed E-state index contributed by atoms with van der Waals surface area (Å²) in [7, 11) is 0. The molecule has 2 nitrogen and oxygen atoms in total. The molecule has 0 fully saturated rings. The summed E-state index contributed by atoms with van der Waals surface area (Å²) < 4.78 is 2.06. The minimum Gasteiger partial charge on any atom is -0.306 e. The Morgan fingerprint density at radius 2 is 1.81 bits per heavy atom. The van der Waals surface area contributed by atoms with Crippen molar-refractivity contribution in [2.45, 2.75) is 46.1 Å². The lowest BCUT2D eigenvalue weighted by molar-refractivity contribution is 0.128. The van der Waals surface area contributed by atoms with Crippen LogP contribution in [0.2, 0.25) is 0 Å². The van der Waals surface area contributed by atoms with Crippen molar-refractivity contribution in [2.24, 2.45) is 11.8 Å². The zero-order valence-electron chi connectivity index (χ0n) is 10.7. The lowest BCUT2D eigenvalue weighted by Gasteiger charge is -2.40. The Morgan fingerprint density at radius 3 is 2.38 bits per heavy atom. The van der Waals surface area contributed by atoms with E-state index in [0.29, 0.717) is 11.8 Å². The van der Waals surface area contributed by atoms with E-state index < -0.39 is 0 Å². The third-order valence-electron chi connectivity index (χ3n) is 4.23. The zero-order valence-corrected chi connectivity index (χ0v) is 10.7. The van der Waals surface area contributed by atoms with E-state index in [4.69, 9.17) is 0 Å². The summed E-state index contributed by atoms with van der Waals surface area (Å²) in [6, 6.07) is 5.66. The van der Waals surface area contributed by atoms with Gasteiger partial charge in [0.25, 0.3) is 5.56 Å². The minimum atomic E-state index is 0.0215. The maximum Gasteiger partial charge on any atom is 0.251 e. The van der Waals surface area contributed by atoms with E-state index in [9.17, 15) is 4.79 Å². The maximum atomic E-state index is 12.1. The maximum absolute atomic E-state index is 12.1. The molecule has 2 heteroatoms. The molecule has 2 rings (SSSR count). The average Bonchev–Trinajstić information content (AvgIpc) is 2.59. The number of aromatic nitrogens is 1. The highest BCUT2D eigenvalue weighted by atomic mass is 16.1. The molecule has 2 heterocycles. The van der Waals surface area contributed by atoms with Crippen LogP contribution in [0.4, 0.5) is 0 Å². The SMILES string of the molecule is CC(C)C1(C(C)C)CCc2cccc(=O)n21. The number of fused-ring (bicyclic) bond motifs is 1. The van der Waals surface area contributed by atoms with Crippen LogP contribution >= 0.6 is 0 Å². The second-order valence-corrected chi connectivity index (χ2v) is 5.49. The molecule has 0 atom stereocenters. The van der Waals surface area contributed by atoms with Crippen molar-refractivity contribution < 1.29 is 0 Å². The van der Waals surface area contributed by atoms with Gasteiger partial charge in [-0.15, -0.1) is 0 Å². The molecule has 1 aromatic heterocycles. The van der Waals surface area contributed by atoms with E-state index >= 15 is 0 Å². The number of hydrogen-bond donors (Lipinski definition) is 0. The van der Waals surface area contributed by atoms with Crippen LogP contribution in [0.15, 0.2) is 23.0 Å². The van der Waals surface area contributed by atoms with Gasteiger partial charge >= 0.3 is 0 Å². The third-order valence-corrected chi connectivity index (χ3v) is 4.23.